The summed E-state index contributed by atoms with van der Waals surface area (Å²) >= 11 is 0. The Morgan fingerprint density at radius 3 is 2.41 bits per heavy atom. The third-order valence-corrected chi connectivity index (χ3v) is 6.61. The van der Waals surface area contributed by atoms with E-state index in [0.29, 0.717) is 16.7 Å². The molecule has 0 saturated carbocycles. The van der Waals surface area contributed by atoms with Crippen LogP contribution in [0.5, 0.6) is 5.75 Å². The minimum absolute atomic E-state index is 0.0151. The van der Waals surface area contributed by atoms with Crippen LogP contribution < -0.4 is 10.5 Å². The SMILES string of the molecule is CN(Cc1ccc(S(C)(=O)=O)cc1-c1cnc(N)c(OCc2cc(F)ccc2C(=O)O)c1)C(=O)OC(C)(C)C. The van der Waals surface area contributed by atoms with E-state index < -0.39 is 33.3 Å². The maximum Gasteiger partial charge on any atom is 0.410 e. The van der Waals surface area contributed by atoms with Crippen LogP contribution >= 0.6 is 0 Å². The highest BCUT2D eigenvalue weighted by Crippen LogP contribution is 2.32. The average Bonchev–Trinajstić information content (AvgIpc) is 2.82. The quantitative estimate of drug-likeness (QED) is 0.406. The third kappa shape index (κ3) is 7.66. The third-order valence-electron chi connectivity index (χ3n) is 5.50. The van der Waals surface area contributed by atoms with Crippen LogP contribution in [0.15, 0.2) is 53.6 Å². The van der Waals surface area contributed by atoms with Gasteiger partial charge in [-0.15, -0.1) is 0 Å². The number of pyridine rings is 1. The molecule has 3 rings (SSSR count). The Morgan fingerprint density at radius 1 is 1.10 bits per heavy atom. The van der Waals surface area contributed by atoms with Crippen LogP contribution in [0.2, 0.25) is 0 Å². The lowest BCUT2D eigenvalue weighted by atomic mass is 10.0. The zero-order valence-corrected chi connectivity index (χ0v) is 23.0. The summed E-state index contributed by atoms with van der Waals surface area (Å²) in [6.45, 7) is 5.01. The molecule has 0 unspecified atom stereocenters. The predicted octanol–water partition coefficient (Wildman–Crippen LogP) is 4.52. The second-order valence-electron chi connectivity index (χ2n) is 9.93. The molecule has 1 heterocycles. The van der Waals surface area contributed by atoms with Crippen molar-refractivity contribution in [2.75, 3.05) is 19.0 Å². The Kier molecular flexibility index (Phi) is 8.49. The summed E-state index contributed by atoms with van der Waals surface area (Å²) in [5.74, 6) is -1.82. The molecule has 208 valence electrons. The standard InChI is InChI=1S/C27H30FN3O7S/c1-27(2,3)38-26(34)31(4)14-16-6-8-20(39(5,35)36)12-22(16)17-11-23(24(29)30-13-17)37-15-18-10-19(28)7-9-21(18)25(32)33/h6-13H,14-15H2,1-5H3,(H2,29,30)(H,32,33). The van der Waals surface area contributed by atoms with Crippen molar-refractivity contribution < 1.29 is 37.0 Å². The number of benzene rings is 2. The van der Waals surface area contributed by atoms with Gasteiger partial charge in [0.15, 0.2) is 21.4 Å². The molecule has 0 aliphatic heterocycles. The molecule has 0 atom stereocenters. The molecule has 3 N–H and O–H groups in total. The number of carboxylic acids is 1. The van der Waals surface area contributed by atoms with Gasteiger partial charge in [-0.2, -0.15) is 0 Å². The van der Waals surface area contributed by atoms with Gasteiger partial charge >= 0.3 is 12.1 Å². The molecule has 0 radical (unpaired) electrons. The van der Waals surface area contributed by atoms with E-state index in [-0.39, 0.29) is 40.7 Å². The van der Waals surface area contributed by atoms with Crippen molar-refractivity contribution >= 4 is 27.7 Å². The van der Waals surface area contributed by atoms with E-state index in [1.807, 2.05) is 0 Å². The van der Waals surface area contributed by atoms with Crippen LogP contribution in [0, 0.1) is 5.82 Å². The monoisotopic (exact) mass is 559 g/mol. The van der Waals surface area contributed by atoms with Crippen molar-refractivity contribution in [1.29, 1.82) is 0 Å². The summed E-state index contributed by atoms with van der Waals surface area (Å²) in [4.78, 5) is 29.6. The fourth-order valence-corrected chi connectivity index (χ4v) is 4.26. The Labute approximate surface area is 226 Å². The van der Waals surface area contributed by atoms with Gasteiger partial charge in [0, 0.05) is 37.2 Å². The molecule has 2 aromatic carbocycles. The smallest absolute Gasteiger partial charge is 0.410 e. The van der Waals surface area contributed by atoms with Gasteiger partial charge in [0.25, 0.3) is 0 Å². The van der Waals surface area contributed by atoms with Gasteiger partial charge in [-0.1, -0.05) is 6.07 Å². The highest BCUT2D eigenvalue weighted by Gasteiger charge is 2.22. The van der Waals surface area contributed by atoms with E-state index >= 15 is 0 Å². The number of aromatic carboxylic acids is 1. The van der Waals surface area contributed by atoms with Crippen LogP contribution in [0.25, 0.3) is 11.1 Å². The number of hydrogen-bond donors (Lipinski definition) is 2. The topological polar surface area (TPSA) is 149 Å². The largest absolute Gasteiger partial charge is 0.485 e. The molecule has 0 spiro atoms. The van der Waals surface area contributed by atoms with Gasteiger partial charge in [0.2, 0.25) is 0 Å². The first-order valence-electron chi connectivity index (χ1n) is 11.7. The van der Waals surface area contributed by atoms with Gasteiger partial charge in [0.05, 0.1) is 10.5 Å². The summed E-state index contributed by atoms with van der Waals surface area (Å²) in [7, 11) is -2.02. The number of nitrogen functional groups attached to an aromatic ring is 1. The number of aromatic nitrogens is 1. The zero-order chi connectivity index (χ0) is 29.1. The van der Waals surface area contributed by atoms with Gasteiger partial charge in [0.1, 0.15) is 18.0 Å². The molecule has 0 fully saturated rings. The summed E-state index contributed by atoms with van der Waals surface area (Å²) in [6.07, 6.45) is 1.93. The highest BCUT2D eigenvalue weighted by molar-refractivity contribution is 7.90. The number of amides is 1. The molecule has 0 aliphatic carbocycles. The number of carbonyl (C=O) groups excluding carboxylic acids is 1. The first kappa shape index (κ1) is 29.4. The maximum atomic E-state index is 13.8. The van der Waals surface area contributed by atoms with E-state index in [1.54, 1.807) is 33.9 Å². The Hall–Kier alpha value is -4.19. The highest BCUT2D eigenvalue weighted by atomic mass is 32.2. The summed E-state index contributed by atoms with van der Waals surface area (Å²) in [6, 6.07) is 9.23. The number of rotatable bonds is 8. The van der Waals surface area contributed by atoms with Crippen molar-refractivity contribution in [3.05, 3.63) is 71.2 Å². The lowest BCUT2D eigenvalue weighted by Gasteiger charge is -2.25. The minimum atomic E-state index is -3.57. The summed E-state index contributed by atoms with van der Waals surface area (Å²) < 4.78 is 49.5. The molecule has 0 saturated heterocycles. The number of sulfone groups is 1. The summed E-state index contributed by atoms with van der Waals surface area (Å²) in [5.41, 5.74) is 6.70. The average molecular weight is 560 g/mol. The van der Waals surface area contributed by atoms with E-state index in [9.17, 15) is 27.5 Å². The van der Waals surface area contributed by atoms with E-state index in [2.05, 4.69) is 4.98 Å². The van der Waals surface area contributed by atoms with Crippen LogP contribution in [-0.2, 0) is 27.7 Å². The second-order valence-corrected chi connectivity index (χ2v) is 11.9. The Bertz CT molecular complexity index is 1520. The first-order valence-corrected chi connectivity index (χ1v) is 13.6. The molecule has 1 aromatic heterocycles. The fourth-order valence-electron chi connectivity index (χ4n) is 3.62. The number of nitrogens with two attached hydrogens (primary N) is 1. The number of hydrogen-bond acceptors (Lipinski definition) is 8. The first-order chi connectivity index (χ1) is 18.0. The molecular weight excluding hydrogens is 529 g/mol. The fraction of sp³-hybridized carbons (Fsp3) is 0.296. The van der Waals surface area contributed by atoms with Crippen LogP contribution in [0.3, 0.4) is 0 Å². The van der Waals surface area contributed by atoms with Crippen molar-refractivity contribution in [2.45, 2.75) is 44.4 Å². The number of carboxylic acid groups (broad SMARTS) is 1. The molecule has 10 nitrogen and oxygen atoms in total. The maximum absolute atomic E-state index is 13.8. The molecule has 3 aromatic rings. The van der Waals surface area contributed by atoms with E-state index in [4.69, 9.17) is 15.2 Å². The molecule has 39 heavy (non-hydrogen) atoms. The Balaban J connectivity index is 2.00. The van der Waals surface area contributed by atoms with Crippen LogP contribution in [0.1, 0.15) is 42.3 Å². The second kappa shape index (κ2) is 11.3. The lowest BCUT2D eigenvalue weighted by molar-refractivity contribution is 0.0285. The normalized spacial score (nSPS) is 11.6. The van der Waals surface area contributed by atoms with Gasteiger partial charge < -0.3 is 25.2 Å². The number of nitrogens with zero attached hydrogens (tertiary/aromatic N) is 2. The minimum Gasteiger partial charge on any atom is -0.485 e. The number of anilines is 1. The Morgan fingerprint density at radius 2 is 1.79 bits per heavy atom. The van der Waals surface area contributed by atoms with Crippen LogP contribution in [0.4, 0.5) is 15.0 Å². The van der Waals surface area contributed by atoms with E-state index in [0.717, 1.165) is 24.5 Å². The summed E-state index contributed by atoms with van der Waals surface area (Å²) in [5, 5.41) is 9.40. The molecule has 12 heteroatoms. The predicted molar refractivity (Wildman–Crippen MR) is 143 cm³/mol. The lowest BCUT2D eigenvalue weighted by Crippen LogP contribution is -2.33. The van der Waals surface area contributed by atoms with Crippen molar-refractivity contribution in [2.24, 2.45) is 0 Å². The number of carbonyl (C=O) groups is 2. The molecule has 0 aliphatic rings. The van der Waals surface area contributed by atoms with Crippen molar-refractivity contribution in [3.63, 3.8) is 0 Å². The van der Waals surface area contributed by atoms with Crippen molar-refractivity contribution in [1.82, 2.24) is 9.88 Å². The van der Waals surface area contributed by atoms with Crippen molar-refractivity contribution in [3.8, 4) is 16.9 Å². The zero-order valence-electron chi connectivity index (χ0n) is 22.2. The van der Waals surface area contributed by atoms with Crippen LogP contribution in [-0.4, -0.2) is 54.4 Å². The van der Waals surface area contributed by atoms with Gasteiger partial charge in [-0.25, -0.2) is 27.4 Å². The molecule has 0 bridgehead atoms. The van der Waals surface area contributed by atoms with E-state index in [1.165, 1.54) is 29.3 Å². The number of halogens is 1. The van der Waals surface area contributed by atoms with Gasteiger partial charge in [-0.05, 0) is 68.3 Å². The number of ether oxygens (including phenoxy) is 2. The molecule has 1 amide bonds. The molecular formula is C27H30FN3O7S. The van der Waals surface area contributed by atoms with Gasteiger partial charge in [-0.3, -0.25) is 0 Å².